The molecular formula is C29H27BrN4OS. The van der Waals surface area contributed by atoms with E-state index in [-0.39, 0.29) is 12.1 Å². The molecule has 2 aromatic carbocycles. The second-order valence-corrected chi connectivity index (χ2v) is 10.6. The molecule has 5 nitrogen and oxygen atoms in total. The molecular weight excluding hydrogens is 532 g/mol. The number of ether oxygens (including phenoxy) is 1. The maximum absolute atomic E-state index is 6.21. The topological polar surface area (TPSA) is 42.3 Å². The van der Waals surface area contributed by atoms with E-state index in [0.29, 0.717) is 11.2 Å². The third-order valence-corrected chi connectivity index (χ3v) is 7.80. The van der Waals surface area contributed by atoms with Gasteiger partial charge in [0.1, 0.15) is 11.8 Å². The number of aromatic nitrogens is 2. The summed E-state index contributed by atoms with van der Waals surface area (Å²) in [6.07, 6.45) is 9.06. The Labute approximate surface area is 225 Å². The smallest absolute Gasteiger partial charge is 0.174 e. The Bertz CT molecular complexity index is 1350. The Hall–Kier alpha value is -3.16. The maximum Gasteiger partial charge on any atom is 0.174 e. The Morgan fingerprint density at radius 3 is 2.50 bits per heavy atom. The molecule has 0 bridgehead atoms. The van der Waals surface area contributed by atoms with Gasteiger partial charge in [0.15, 0.2) is 5.11 Å². The van der Waals surface area contributed by atoms with Gasteiger partial charge in [0, 0.05) is 33.9 Å². The van der Waals surface area contributed by atoms with Gasteiger partial charge in [-0.15, -0.1) is 0 Å². The second-order valence-electron chi connectivity index (χ2n) is 9.30. The third kappa shape index (κ3) is 4.53. The molecule has 2 aromatic heterocycles. The highest BCUT2D eigenvalue weighted by Gasteiger charge is 2.42. The van der Waals surface area contributed by atoms with Crippen molar-refractivity contribution in [1.29, 1.82) is 0 Å². The summed E-state index contributed by atoms with van der Waals surface area (Å²) in [7, 11) is 0. The van der Waals surface area contributed by atoms with Gasteiger partial charge in [0.2, 0.25) is 0 Å². The largest absolute Gasteiger partial charge is 0.490 e. The first-order valence-electron chi connectivity index (χ1n) is 12.4. The molecule has 182 valence electrons. The first-order valence-corrected chi connectivity index (χ1v) is 13.6. The SMILES string of the molecule is S=C1NC(c2ccccn2)C(c2cccn2-c2cccc(Br)c2)N1c1ccc(OC2CCCC2)cc1. The van der Waals surface area contributed by atoms with Crippen LogP contribution in [0.25, 0.3) is 5.69 Å². The molecule has 2 atom stereocenters. The molecule has 1 aliphatic carbocycles. The number of nitrogens with zero attached hydrogens (tertiary/aromatic N) is 3. The van der Waals surface area contributed by atoms with Gasteiger partial charge >= 0.3 is 0 Å². The number of pyridine rings is 1. The van der Waals surface area contributed by atoms with Gasteiger partial charge in [-0.25, -0.2) is 0 Å². The van der Waals surface area contributed by atoms with Gasteiger partial charge in [0.25, 0.3) is 0 Å². The molecule has 1 saturated carbocycles. The van der Waals surface area contributed by atoms with Crippen LogP contribution in [0.4, 0.5) is 5.69 Å². The van der Waals surface area contributed by atoms with Crippen molar-refractivity contribution < 1.29 is 4.74 Å². The Morgan fingerprint density at radius 1 is 0.917 bits per heavy atom. The molecule has 2 unspecified atom stereocenters. The number of thiocarbonyl (C=S) groups is 1. The lowest BCUT2D eigenvalue weighted by atomic mass is 10.0. The third-order valence-electron chi connectivity index (χ3n) is 6.99. The van der Waals surface area contributed by atoms with Crippen molar-refractivity contribution in [2.45, 2.75) is 43.9 Å². The van der Waals surface area contributed by atoms with Crippen LogP contribution in [-0.4, -0.2) is 20.8 Å². The van der Waals surface area contributed by atoms with E-state index in [4.69, 9.17) is 17.0 Å². The van der Waals surface area contributed by atoms with Crippen LogP contribution in [0, 0.1) is 0 Å². The summed E-state index contributed by atoms with van der Waals surface area (Å²) < 4.78 is 9.48. The Kier molecular flexibility index (Phi) is 6.50. The first kappa shape index (κ1) is 23.3. The fourth-order valence-electron chi connectivity index (χ4n) is 5.31. The van der Waals surface area contributed by atoms with Crippen LogP contribution < -0.4 is 15.0 Å². The molecule has 1 saturated heterocycles. The van der Waals surface area contributed by atoms with Crippen molar-refractivity contribution in [3.05, 3.63) is 107 Å². The number of hydrogen-bond acceptors (Lipinski definition) is 3. The van der Waals surface area contributed by atoms with Crippen molar-refractivity contribution >= 4 is 38.9 Å². The van der Waals surface area contributed by atoms with Crippen LogP contribution in [0.5, 0.6) is 5.75 Å². The quantitative estimate of drug-likeness (QED) is 0.255. The minimum absolute atomic E-state index is 0.0945. The molecule has 2 fully saturated rings. The minimum atomic E-state index is -0.103. The molecule has 2 aliphatic rings. The van der Waals surface area contributed by atoms with Crippen LogP contribution in [0.2, 0.25) is 0 Å². The van der Waals surface area contributed by atoms with Gasteiger partial charge in [-0.3, -0.25) is 4.98 Å². The monoisotopic (exact) mass is 558 g/mol. The first-order chi connectivity index (χ1) is 17.7. The molecule has 36 heavy (non-hydrogen) atoms. The zero-order valence-electron chi connectivity index (χ0n) is 19.8. The average molecular weight is 560 g/mol. The zero-order chi connectivity index (χ0) is 24.5. The molecule has 3 heterocycles. The molecule has 0 amide bonds. The van der Waals surface area contributed by atoms with Gasteiger partial charge < -0.3 is 19.5 Å². The fraction of sp³-hybridized carbons (Fsp3) is 0.241. The van der Waals surface area contributed by atoms with E-state index in [1.54, 1.807) is 0 Å². The van der Waals surface area contributed by atoms with Crippen molar-refractivity contribution in [3.8, 4) is 11.4 Å². The highest BCUT2D eigenvalue weighted by atomic mass is 79.9. The van der Waals surface area contributed by atoms with Gasteiger partial charge in [-0.1, -0.05) is 28.1 Å². The van der Waals surface area contributed by atoms with Crippen molar-refractivity contribution in [1.82, 2.24) is 14.9 Å². The van der Waals surface area contributed by atoms with Crippen LogP contribution in [0.15, 0.2) is 95.7 Å². The Morgan fingerprint density at radius 2 is 1.75 bits per heavy atom. The molecule has 0 spiro atoms. The summed E-state index contributed by atoms with van der Waals surface area (Å²) in [5.41, 5.74) is 4.19. The summed E-state index contributed by atoms with van der Waals surface area (Å²) in [5, 5.41) is 4.24. The summed E-state index contributed by atoms with van der Waals surface area (Å²) >= 11 is 9.54. The van der Waals surface area contributed by atoms with E-state index in [1.165, 1.54) is 12.8 Å². The van der Waals surface area contributed by atoms with E-state index in [1.807, 2.05) is 24.4 Å². The van der Waals surface area contributed by atoms with Gasteiger partial charge in [-0.05, 0) is 105 Å². The molecule has 4 aromatic rings. The van der Waals surface area contributed by atoms with Gasteiger partial charge in [0.05, 0.1) is 17.8 Å². The molecule has 6 rings (SSSR count). The van der Waals surface area contributed by atoms with E-state index in [9.17, 15) is 0 Å². The van der Waals surface area contributed by atoms with Crippen LogP contribution in [-0.2, 0) is 0 Å². The lowest BCUT2D eigenvalue weighted by molar-refractivity contribution is 0.210. The van der Waals surface area contributed by atoms with E-state index in [2.05, 4.69) is 103 Å². The zero-order valence-corrected chi connectivity index (χ0v) is 22.2. The van der Waals surface area contributed by atoms with E-state index in [0.717, 1.165) is 45.8 Å². The Balaban J connectivity index is 1.40. The molecule has 0 radical (unpaired) electrons. The van der Waals surface area contributed by atoms with E-state index >= 15 is 0 Å². The predicted molar refractivity (Wildman–Crippen MR) is 151 cm³/mol. The highest BCUT2D eigenvalue weighted by Crippen LogP contribution is 2.42. The summed E-state index contributed by atoms with van der Waals surface area (Å²) in [4.78, 5) is 6.89. The second kappa shape index (κ2) is 10.1. The van der Waals surface area contributed by atoms with Crippen LogP contribution in [0.1, 0.15) is 49.2 Å². The highest BCUT2D eigenvalue weighted by molar-refractivity contribution is 9.10. The lowest BCUT2D eigenvalue weighted by Gasteiger charge is -2.29. The minimum Gasteiger partial charge on any atom is -0.490 e. The molecule has 1 N–H and O–H groups in total. The predicted octanol–water partition coefficient (Wildman–Crippen LogP) is 7.13. The number of anilines is 1. The normalized spacial score (nSPS) is 20.0. The van der Waals surface area contributed by atoms with Crippen LogP contribution >= 0.6 is 28.1 Å². The molecule has 1 aliphatic heterocycles. The maximum atomic E-state index is 6.21. The summed E-state index contributed by atoms with van der Waals surface area (Å²) in [6.45, 7) is 0. The standard InChI is InChI=1S/C29H27BrN4OS/c30-20-7-5-8-22(19-20)33-18-6-12-26(33)28-27(25-11-3-4-17-31-25)32-29(36)34(28)21-13-15-24(16-14-21)35-23-9-1-2-10-23/h3-8,11-19,23,27-28H,1-2,9-10H2,(H,32,36). The summed E-state index contributed by atoms with van der Waals surface area (Å²) in [5.74, 6) is 0.916. The number of benzene rings is 2. The fourth-order valence-corrected chi connectivity index (χ4v) is 6.05. The number of hydrogen-bond donors (Lipinski definition) is 1. The van der Waals surface area contributed by atoms with E-state index < -0.39 is 0 Å². The van der Waals surface area contributed by atoms with Gasteiger partial charge in [-0.2, -0.15) is 0 Å². The van der Waals surface area contributed by atoms with Crippen LogP contribution in [0.3, 0.4) is 0 Å². The van der Waals surface area contributed by atoms with Crippen molar-refractivity contribution in [2.75, 3.05) is 4.90 Å². The number of halogens is 1. The van der Waals surface area contributed by atoms with Crippen molar-refractivity contribution in [3.63, 3.8) is 0 Å². The number of rotatable bonds is 6. The lowest BCUT2D eigenvalue weighted by Crippen LogP contribution is -2.30. The number of nitrogens with one attached hydrogen (secondary N) is 1. The van der Waals surface area contributed by atoms with Crippen molar-refractivity contribution in [2.24, 2.45) is 0 Å². The average Bonchev–Trinajstić information content (AvgIpc) is 3.65. The summed E-state index contributed by atoms with van der Waals surface area (Å²) in [6, 6.07) is 26.8. The molecule has 7 heteroatoms.